The minimum absolute atomic E-state index is 0.228. The first-order chi connectivity index (χ1) is 12.3. The summed E-state index contributed by atoms with van der Waals surface area (Å²) in [7, 11) is 0. The second kappa shape index (κ2) is 7.11. The third-order valence-electron chi connectivity index (χ3n) is 4.80. The van der Waals surface area contributed by atoms with Crippen LogP contribution in [0.25, 0.3) is 11.3 Å². The molecule has 1 aromatic carbocycles. The molecule has 126 valence electrons. The van der Waals surface area contributed by atoms with E-state index in [4.69, 9.17) is 0 Å². The van der Waals surface area contributed by atoms with Crippen LogP contribution in [0.15, 0.2) is 67.1 Å². The molecule has 0 bridgehead atoms. The molecule has 4 rings (SSSR count). The van der Waals surface area contributed by atoms with E-state index in [-0.39, 0.29) is 5.82 Å². The maximum absolute atomic E-state index is 13.5. The van der Waals surface area contributed by atoms with Crippen LogP contribution in [0.2, 0.25) is 0 Å². The van der Waals surface area contributed by atoms with Crippen molar-refractivity contribution in [2.24, 2.45) is 0 Å². The summed E-state index contributed by atoms with van der Waals surface area (Å²) in [6, 6.07) is 15.0. The molecule has 1 aliphatic heterocycles. The zero-order chi connectivity index (χ0) is 17.1. The first kappa shape index (κ1) is 15.9. The standard InChI is InChI=1S/C21H20FN3/c22-20-3-1-2-18(12-20)21-13-17(6-10-24-21)19-7-11-25(15-19)14-16-4-8-23-9-5-16/h1-6,8-10,12-13,19H,7,11,14-15H2. The highest BCUT2D eigenvalue weighted by Crippen LogP contribution is 2.30. The van der Waals surface area contributed by atoms with Gasteiger partial charge in [-0.3, -0.25) is 14.9 Å². The van der Waals surface area contributed by atoms with Crippen LogP contribution in [0.1, 0.15) is 23.5 Å². The van der Waals surface area contributed by atoms with Crippen molar-refractivity contribution in [1.82, 2.24) is 14.9 Å². The van der Waals surface area contributed by atoms with Gasteiger partial charge in [-0.2, -0.15) is 0 Å². The minimum atomic E-state index is -0.228. The smallest absolute Gasteiger partial charge is 0.123 e. The van der Waals surface area contributed by atoms with Crippen LogP contribution in [0, 0.1) is 5.82 Å². The fraction of sp³-hybridized carbons (Fsp3) is 0.238. The first-order valence-corrected chi connectivity index (χ1v) is 8.61. The summed E-state index contributed by atoms with van der Waals surface area (Å²) in [6.07, 6.45) is 6.66. The topological polar surface area (TPSA) is 29.0 Å². The number of benzene rings is 1. The lowest BCUT2D eigenvalue weighted by atomic mass is 9.97. The van der Waals surface area contributed by atoms with Gasteiger partial charge in [0.05, 0.1) is 5.69 Å². The fourth-order valence-electron chi connectivity index (χ4n) is 3.50. The molecule has 0 N–H and O–H groups in total. The van der Waals surface area contributed by atoms with Crippen molar-refractivity contribution >= 4 is 0 Å². The van der Waals surface area contributed by atoms with E-state index in [2.05, 4.69) is 39.1 Å². The van der Waals surface area contributed by atoms with Gasteiger partial charge in [-0.05, 0) is 66.4 Å². The number of pyridine rings is 2. The van der Waals surface area contributed by atoms with Gasteiger partial charge in [-0.25, -0.2) is 4.39 Å². The average Bonchev–Trinajstić information content (AvgIpc) is 3.11. The Balaban J connectivity index is 1.48. The molecule has 1 fully saturated rings. The molecule has 0 spiro atoms. The van der Waals surface area contributed by atoms with Gasteiger partial charge in [0.2, 0.25) is 0 Å². The predicted molar refractivity (Wildman–Crippen MR) is 96.5 cm³/mol. The maximum atomic E-state index is 13.5. The van der Waals surface area contributed by atoms with Gasteiger partial charge in [-0.1, -0.05) is 12.1 Å². The van der Waals surface area contributed by atoms with Crippen LogP contribution in [0.4, 0.5) is 4.39 Å². The van der Waals surface area contributed by atoms with Crippen LogP contribution in [-0.4, -0.2) is 28.0 Å². The van der Waals surface area contributed by atoms with E-state index in [1.54, 1.807) is 6.07 Å². The highest BCUT2D eigenvalue weighted by molar-refractivity contribution is 5.59. The van der Waals surface area contributed by atoms with Crippen molar-refractivity contribution in [2.45, 2.75) is 18.9 Å². The molecule has 4 heteroatoms. The monoisotopic (exact) mass is 333 g/mol. The van der Waals surface area contributed by atoms with Gasteiger partial charge in [-0.15, -0.1) is 0 Å². The van der Waals surface area contributed by atoms with E-state index in [9.17, 15) is 4.39 Å². The molecule has 3 aromatic rings. The summed E-state index contributed by atoms with van der Waals surface area (Å²) >= 11 is 0. The second-order valence-electron chi connectivity index (χ2n) is 6.56. The Bertz CT molecular complexity index is 851. The lowest BCUT2D eigenvalue weighted by molar-refractivity contribution is 0.327. The van der Waals surface area contributed by atoms with Gasteiger partial charge in [0.1, 0.15) is 5.82 Å². The molecular formula is C21H20FN3. The quantitative estimate of drug-likeness (QED) is 0.714. The first-order valence-electron chi connectivity index (χ1n) is 8.61. The molecule has 0 saturated carbocycles. The summed E-state index contributed by atoms with van der Waals surface area (Å²) < 4.78 is 13.5. The summed E-state index contributed by atoms with van der Waals surface area (Å²) in [6.45, 7) is 3.08. The number of halogens is 1. The van der Waals surface area contributed by atoms with Crippen LogP contribution in [0.5, 0.6) is 0 Å². The summed E-state index contributed by atoms with van der Waals surface area (Å²) in [5, 5.41) is 0. The third kappa shape index (κ3) is 3.74. The predicted octanol–water partition coefficient (Wildman–Crippen LogP) is 4.27. The fourth-order valence-corrected chi connectivity index (χ4v) is 3.50. The average molecular weight is 333 g/mol. The minimum Gasteiger partial charge on any atom is -0.298 e. The number of rotatable bonds is 4. The van der Waals surface area contributed by atoms with Crippen molar-refractivity contribution in [1.29, 1.82) is 0 Å². The zero-order valence-electron chi connectivity index (χ0n) is 14.0. The van der Waals surface area contributed by atoms with Gasteiger partial charge in [0.15, 0.2) is 0 Å². The summed E-state index contributed by atoms with van der Waals surface area (Å²) in [5.41, 5.74) is 4.25. The molecule has 0 radical (unpaired) electrons. The normalized spacial score (nSPS) is 17.7. The molecule has 25 heavy (non-hydrogen) atoms. The van der Waals surface area contributed by atoms with Crippen molar-refractivity contribution in [2.75, 3.05) is 13.1 Å². The molecule has 1 unspecified atom stereocenters. The number of hydrogen-bond acceptors (Lipinski definition) is 3. The number of likely N-dealkylation sites (tertiary alicyclic amines) is 1. The number of aromatic nitrogens is 2. The van der Waals surface area contributed by atoms with Crippen molar-refractivity contribution in [3.05, 3.63) is 84.1 Å². The molecule has 0 amide bonds. The number of nitrogens with zero attached hydrogens (tertiary/aromatic N) is 3. The van der Waals surface area contributed by atoms with Gasteiger partial charge < -0.3 is 0 Å². The van der Waals surface area contributed by atoms with Gasteiger partial charge >= 0.3 is 0 Å². The lowest BCUT2D eigenvalue weighted by Gasteiger charge is -2.16. The molecular weight excluding hydrogens is 313 g/mol. The highest BCUT2D eigenvalue weighted by Gasteiger charge is 2.24. The Hall–Kier alpha value is -2.59. The van der Waals surface area contributed by atoms with E-state index in [0.717, 1.165) is 37.3 Å². The summed E-state index contributed by atoms with van der Waals surface area (Å²) in [4.78, 5) is 11.0. The Morgan fingerprint density at radius 1 is 1.04 bits per heavy atom. The molecule has 3 nitrogen and oxygen atoms in total. The van der Waals surface area contributed by atoms with Crippen LogP contribution < -0.4 is 0 Å². The van der Waals surface area contributed by atoms with E-state index in [1.165, 1.54) is 23.3 Å². The molecule has 1 aliphatic rings. The Morgan fingerprint density at radius 2 is 1.92 bits per heavy atom. The third-order valence-corrected chi connectivity index (χ3v) is 4.80. The van der Waals surface area contributed by atoms with E-state index >= 15 is 0 Å². The van der Waals surface area contributed by atoms with Crippen molar-refractivity contribution in [3.63, 3.8) is 0 Å². The van der Waals surface area contributed by atoms with Crippen LogP contribution in [0.3, 0.4) is 0 Å². The van der Waals surface area contributed by atoms with Gasteiger partial charge in [0.25, 0.3) is 0 Å². The molecule has 1 atom stereocenters. The zero-order valence-corrected chi connectivity index (χ0v) is 14.0. The summed E-state index contributed by atoms with van der Waals surface area (Å²) in [5.74, 6) is 0.270. The van der Waals surface area contributed by atoms with Gasteiger partial charge in [0, 0.05) is 37.2 Å². The molecule has 1 saturated heterocycles. The molecule has 3 heterocycles. The van der Waals surface area contributed by atoms with E-state index in [0.29, 0.717) is 5.92 Å². The Kier molecular flexibility index (Phi) is 4.53. The molecule has 2 aromatic heterocycles. The lowest BCUT2D eigenvalue weighted by Crippen LogP contribution is -2.19. The largest absolute Gasteiger partial charge is 0.298 e. The highest BCUT2D eigenvalue weighted by atomic mass is 19.1. The number of hydrogen-bond donors (Lipinski definition) is 0. The maximum Gasteiger partial charge on any atom is 0.123 e. The van der Waals surface area contributed by atoms with E-state index < -0.39 is 0 Å². The Labute approximate surface area is 147 Å². The van der Waals surface area contributed by atoms with Crippen LogP contribution >= 0.6 is 0 Å². The van der Waals surface area contributed by atoms with Crippen molar-refractivity contribution in [3.8, 4) is 11.3 Å². The van der Waals surface area contributed by atoms with E-state index in [1.807, 2.05) is 24.7 Å². The van der Waals surface area contributed by atoms with Crippen LogP contribution in [-0.2, 0) is 6.54 Å². The SMILES string of the molecule is Fc1cccc(-c2cc(C3CCN(Cc4ccncc4)C3)ccn2)c1. The Morgan fingerprint density at radius 3 is 2.76 bits per heavy atom. The van der Waals surface area contributed by atoms with Crippen molar-refractivity contribution < 1.29 is 4.39 Å². The second-order valence-corrected chi connectivity index (χ2v) is 6.56. The molecule has 0 aliphatic carbocycles.